The molecule has 0 saturated carbocycles. The number of imidazole rings is 1. The molecule has 6 nitrogen and oxygen atoms in total. The van der Waals surface area contributed by atoms with E-state index in [2.05, 4.69) is 15.3 Å². The molecule has 0 aliphatic carbocycles. The first-order valence-electron chi connectivity index (χ1n) is 9.66. The van der Waals surface area contributed by atoms with Crippen LogP contribution in [-0.4, -0.2) is 39.8 Å². The maximum atomic E-state index is 12.8. The highest BCUT2D eigenvalue weighted by Gasteiger charge is 2.22. The molecule has 154 valence electrons. The van der Waals surface area contributed by atoms with E-state index in [1.165, 1.54) is 6.07 Å². The molecule has 1 atom stereocenters. The second kappa shape index (κ2) is 8.50. The van der Waals surface area contributed by atoms with Crippen molar-refractivity contribution in [2.75, 3.05) is 13.1 Å². The molecule has 3 aromatic rings. The molecule has 1 aliphatic heterocycles. The molecule has 4 rings (SSSR count). The lowest BCUT2D eigenvalue weighted by Crippen LogP contribution is -2.30. The van der Waals surface area contributed by atoms with Gasteiger partial charge in [0.2, 0.25) is 0 Å². The molecule has 2 aromatic carbocycles. The van der Waals surface area contributed by atoms with Gasteiger partial charge in [-0.25, -0.2) is 4.98 Å². The molecule has 1 aliphatic rings. The fraction of sp³-hybridized carbons (Fsp3) is 0.227. The lowest BCUT2D eigenvalue weighted by atomic mass is 10.1. The molecule has 8 heteroatoms. The number of nitrogens with one attached hydrogen (secondary N) is 2. The Balaban J connectivity index is 1.51. The Morgan fingerprint density at radius 2 is 1.93 bits per heavy atom. The molecule has 2 amide bonds. The monoisotopic (exact) mass is 442 g/mol. The smallest absolute Gasteiger partial charge is 0.255 e. The van der Waals surface area contributed by atoms with E-state index in [0.717, 1.165) is 11.0 Å². The third-order valence-corrected chi connectivity index (χ3v) is 5.62. The summed E-state index contributed by atoms with van der Waals surface area (Å²) in [5, 5.41) is 3.85. The number of hydrogen-bond acceptors (Lipinski definition) is 3. The van der Waals surface area contributed by atoms with Crippen LogP contribution in [0.25, 0.3) is 11.0 Å². The second-order valence-corrected chi connectivity index (χ2v) is 7.94. The minimum atomic E-state index is -0.306. The maximum absolute atomic E-state index is 12.8. The zero-order valence-corrected chi connectivity index (χ0v) is 17.8. The van der Waals surface area contributed by atoms with Crippen molar-refractivity contribution in [3.8, 4) is 0 Å². The summed E-state index contributed by atoms with van der Waals surface area (Å²) in [6.07, 6.45) is 4.51. The van der Waals surface area contributed by atoms with Crippen LogP contribution in [0.3, 0.4) is 0 Å². The zero-order chi connectivity index (χ0) is 21.3. The van der Waals surface area contributed by atoms with Crippen molar-refractivity contribution in [2.24, 2.45) is 0 Å². The van der Waals surface area contributed by atoms with Gasteiger partial charge in [0.15, 0.2) is 0 Å². The van der Waals surface area contributed by atoms with Crippen LogP contribution < -0.4 is 5.32 Å². The van der Waals surface area contributed by atoms with Crippen molar-refractivity contribution < 1.29 is 9.59 Å². The van der Waals surface area contributed by atoms with Gasteiger partial charge in [0.1, 0.15) is 5.82 Å². The SMILES string of the molecule is CCC(NC(=O)c1ccc(C(=O)N2CC=CC2)c(Cl)c1)c1nc2ccc(Cl)cc2[nH]1. The first kappa shape index (κ1) is 20.4. The van der Waals surface area contributed by atoms with E-state index in [1.54, 1.807) is 29.2 Å². The van der Waals surface area contributed by atoms with E-state index < -0.39 is 0 Å². The Morgan fingerprint density at radius 3 is 2.63 bits per heavy atom. The van der Waals surface area contributed by atoms with Gasteiger partial charge in [-0.1, -0.05) is 42.3 Å². The fourth-order valence-corrected chi connectivity index (χ4v) is 3.85. The Hall–Kier alpha value is -2.83. The Kier molecular flexibility index (Phi) is 5.79. The molecular weight excluding hydrogens is 423 g/mol. The van der Waals surface area contributed by atoms with Crippen LogP contribution in [0.5, 0.6) is 0 Å². The van der Waals surface area contributed by atoms with Crippen molar-refractivity contribution >= 4 is 46.0 Å². The molecule has 1 aromatic heterocycles. The summed E-state index contributed by atoms with van der Waals surface area (Å²) in [4.78, 5) is 34.8. The van der Waals surface area contributed by atoms with Gasteiger partial charge in [0, 0.05) is 23.7 Å². The number of fused-ring (bicyclic) bond motifs is 1. The van der Waals surface area contributed by atoms with E-state index in [4.69, 9.17) is 23.2 Å². The standard InChI is InChI=1S/C22H20Cl2N4O2/c1-2-17(20-25-18-8-6-14(23)12-19(18)26-20)27-21(29)13-5-7-15(16(24)11-13)22(30)28-9-3-4-10-28/h3-8,11-12,17H,2,9-10H2,1H3,(H,25,26)(H,27,29). The highest BCUT2D eigenvalue weighted by atomic mass is 35.5. The van der Waals surface area contributed by atoms with Gasteiger partial charge < -0.3 is 15.2 Å². The van der Waals surface area contributed by atoms with Crippen LogP contribution in [0, 0.1) is 0 Å². The molecule has 2 N–H and O–H groups in total. The van der Waals surface area contributed by atoms with Crippen molar-refractivity contribution in [1.82, 2.24) is 20.2 Å². The van der Waals surface area contributed by atoms with Gasteiger partial charge >= 0.3 is 0 Å². The van der Waals surface area contributed by atoms with Crippen LogP contribution in [0.4, 0.5) is 0 Å². The molecule has 0 saturated heterocycles. The average molecular weight is 443 g/mol. The van der Waals surface area contributed by atoms with Crippen LogP contribution in [0.15, 0.2) is 48.6 Å². The van der Waals surface area contributed by atoms with Gasteiger partial charge in [-0.15, -0.1) is 0 Å². The number of nitrogens with zero attached hydrogens (tertiary/aromatic N) is 2. The number of aromatic amines is 1. The number of aromatic nitrogens is 2. The number of H-pyrrole nitrogens is 1. The molecule has 1 unspecified atom stereocenters. The summed E-state index contributed by atoms with van der Waals surface area (Å²) in [5.41, 5.74) is 2.36. The molecule has 0 spiro atoms. The van der Waals surface area contributed by atoms with Crippen molar-refractivity contribution in [2.45, 2.75) is 19.4 Å². The first-order valence-corrected chi connectivity index (χ1v) is 10.4. The summed E-state index contributed by atoms with van der Waals surface area (Å²) < 4.78 is 0. The van der Waals surface area contributed by atoms with Crippen LogP contribution in [-0.2, 0) is 0 Å². The maximum Gasteiger partial charge on any atom is 0.255 e. The van der Waals surface area contributed by atoms with E-state index in [-0.39, 0.29) is 22.9 Å². The van der Waals surface area contributed by atoms with Crippen LogP contribution in [0.1, 0.15) is 45.9 Å². The van der Waals surface area contributed by atoms with E-state index >= 15 is 0 Å². The highest BCUT2D eigenvalue weighted by molar-refractivity contribution is 6.34. The van der Waals surface area contributed by atoms with Crippen molar-refractivity contribution in [3.63, 3.8) is 0 Å². The van der Waals surface area contributed by atoms with Gasteiger partial charge in [-0.05, 0) is 42.8 Å². The summed E-state index contributed by atoms with van der Waals surface area (Å²) in [7, 11) is 0. The molecular formula is C22H20Cl2N4O2. The summed E-state index contributed by atoms with van der Waals surface area (Å²) in [6.45, 7) is 3.10. The van der Waals surface area contributed by atoms with Crippen molar-refractivity contribution in [1.29, 1.82) is 0 Å². The average Bonchev–Trinajstić information content (AvgIpc) is 3.40. The normalized spacial score (nSPS) is 14.3. The van der Waals surface area contributed by atoms with Crippen molar-refractivity contribution in [3.05, 3.63) is 75.5 Å². The summed E-state index contributed by atoms with van der Waals surface area (Å²) in [5.74, 6) is 0.218. The minimum absolute atomic E-state index is 0.149. The Bertz CT molecular complexity index is 1150. The molecule has 0 fully saturated rings. The predicted molar refractivity (Wildman–Crippen MR) is 118 cm³/mol. The predicted octanol–water partition coefficient (Wildman–Crippen LogP) is 4.76. The molecule has 30 heavy (non-hydrogen) atoms. The van der Waals surface area contributed by atoms with Gasteiger partial charge in [0.25, 0.3) is 11.8 Å². The number of amides is 2. The zero-order valence-electron chi connectivity index (χ0n) is 16.3. The van der Waals surface area contributed by atoms with E-state index in [1.807, 2.05) is 25.1 Å². The number of rotatable bonds is 5. The summed E-state index contributed by atoms with van der Waals surface area (Å²) in [6, 6.07) is 9.84. The summed E-state index contributed by atoms with van der Waals surface area (Å²) >= 11 is 12.4. The molecule has 0 radical (unpaired) electrons. The number of carbonyl (C=O) groups excluding carboxylic acids is 2. The van der Waals surface area contributed by atoms with Crippen LogP contribution >= 0.6 is 23.2 Å². The lowest BCUT2D eigenvalue weighted by molar-refractivity contribution is 0.0799. The highest BCUT2D eigenvalue weighted by Crippen LogP contribution is 2.24. The number of hydrogen-bond donors (Lipinski definition) is 2. The van der Waals surface area contributed by atoms with Gasteiger partial charge in [-0.3, -0.25) is 9.59 Å². The Morgan fingerprint density at radius 1 is 1.17 bits per heavy atom. The quantitative estimate of drug-likeness (QED) is 0.558. The van der Waals surface area contributed by atoms with E-state index in [0.29, 0.717) is 41.5 Å². The molecule has 0 bridgehead atoms. The van der Waals surface area contributed by atoms with Crippen LogP contribution in [0.2, 0.25) is 10.0 Å². The fourth-order valence-electron chi connectivity index (χ4n) is 3.42. The van der Waals surface area contributed by atoms with Gasteiger partial charge in [-0.2, -0.15) is 0 Å². The number of benzene rings is 2. The number of halogens is 2. The third kappa shape index (κ3) is 4.06. The topological polar surface area (TPSA) is 78.1 Å². The second-order valence-electron chi connectivity index (χ2n) is 7.09. The Labute approximate surface area is 183 Å². The van der Waals surface area contributed by atoms with E-state index in [9.17, 15) is 9.59 Å². The molecule has 2 heterocycles. The number of carbonyl (C=O) groups is 2. The van der Waals surface area contributed by atoms with Gasteiger partial charge in [0.05, 0.1) is 27.7 Å². The first-order chi connectivity index (χ1) is 14.5. The lowest BCUT2D eigenvalue weighted by Gasteiger charge is -2.17. The largest absolute Gasteiger partial charge is 0.342 e. The third-order valence-electron chi connectivity index (χ3n) is 5.07. The minimum Gasteiger partial charge on any atom is -0.342 e.